The van der Waals surface area contributed by atoms with Gasteiger partial charge >= 0.3 is 0 Å². The van der Waals surface area contributed by atoms with Crippen molar-refractivity contribution >= 4 is 5.91 Å². The Morgan fingerprint density at radius 2 is 2.33 bits per heavy atom. The number of piperidine rings is 1. The van der Waals surface area contributed by atoms with E-state index in [0.29, 0.717) is 18.2 Å². The number of carbonyl (C=O) groups is 1. The van der Waals surface area contributed by atoms with Crippen LogP contribution >= 0.6 is 0 Å². The lowest BCUT2D eigenvalue weighted by atomic mass is 9.97. The molecule has 1 saturated heterocycles. The van der Waals surface area contributed by atoms with Gasteiger partial charge in [0.25, 0.3) is 5.91 Å². The van der Waals surface area contributed by atoms with Gasteiger partial charge in [-0.1, -0.05) is 5.16 Å². The lowest BCUT2D eigenvalue weighted by molar-refractivity contribution is 0.0926. The van der Waals surface area contributed by atoms with Gasteiger partial charge in [-0.25, -0.2) is 4.98 Å². The molecule has 2 aromatic rings. The maximum atomic E-state index is 11.8. The predicted octanol–water partition coefficient (Wildman–Crippen LogP) is 1.04. The van der Waals surface area contributed by atoms with E-state index in [0.717, 1.165) is 38.3 Å². The summed E-state index contributed by atoms with van der Waals surface area (Å²) in [6.45, 7) is 3.63. The number of hydrogen-bond donors (Lipinski definition) is 2. The molecular weight excluding hydrogens is 270 g/mol. The van der Waals surface area contributed by atoms with Crippen LogP contribution in [0, 0.1) is 5.92 Å². The molecule has 1 aliphatic rings. The lowest BCUT2D eigenvalue weighted by Gasteiger charge is -2.31. The smallest absolute Gasteiger partial charge is 0.273 e. The average molecular weight is 289 g/mol. The van der Waals surface area contributed by atoms with Gasteiger partial charge in [0.2, 0.25) is 0 Å². The summed E-state index contributed by atoms with van der Waals surface area (Å²) in [4.78, 5) is 21.5. The number of rotatable bonds is 5. The summed E-state index contributed by atoms with van der Waals surface area (Å²) in [5.41, 5.74) is 0.338. The van der Waals surface area contributed by atoms with Gasteiger partial charge in [0, 0.05) is 25.0 Å². The number of nitrogens with zero attached hydrogens (tertiary/aromatic N) is 3. The molecule has 3 heterocycles. The molecule has 112 valence electrons. The molecule has 7 nitrogen and oxygen atoms in total. The van der Waals surface area contributed by atoms with E-state index in [1.54, 1.807) is 12.3 Å². The highest BCUT2D eigenvalue weighted by Gasteiger charge is 2.20. The Bertz CT molecular complexity index is 544. The van der Waals surface area contributed by atoms with Crippen molar-refractivity contribution in [3.8, 4) is 0 Å². The monoisotopic (exact) mass is 289 g/mol. The van der Waals surface area contributed by atoms with Gasteiger partial charge in [-0.3, -0.25) is 9.69 Å². The zero-order valence-electron chi connectivity index (χ0n) is 11.8. The molecule has 3 rings (SSSR count). The van der Waals surface area contributed by atoms with Gasteiger partial charge in [0.1, 0.15) is 12.1 Å². The molecule has 0 saturated carbocycles. The van der Waals surface area contributed by atoms with Crippen LogP contribution in [-0.2, 0) is 6.54 Å². The van der Waals surface area contributed by atoms with Crippen LogP contribution in [-0.4, -0.2) is 45.6 Å². The Kier molecular flexibility index (Phi) is 4.30. The van der Waals surface area contributed by atoms with E-state index in [1.165, 1.54) is 6.26 Å². The highest BCUT2D eigenvalue weighted by atomic mass is 16.5. The number of imidazole rings is 1. The normalized spacial score (nSPS) is 17.0. The first kappa shape index (κ1) is 13.8. The van der Waals surface area contributed by atoms with E-state index in [2.05, 4.69) is 29.9 Å². The highest BCUT2D eigenvalue weighted by Crippen LogP contribution is 2.17. The summed E-state index contributed by atoms with van der Waals surface area (Å²) in [5.74, 6) is 1.36. The summed E-state index contributed by atoms with van der Waals surface area (Å²) in [7, 11) is 0. The molecule has 2 N–H and O–H groups in total. The van der Waals surface area contributed by atoms with E-state index >= 15 is 0 Å². The number of likely N-dealkylation sites (tertiary alicyclic amines) is 1. The minimum absolute atomic E-state index is 0.165. The number of carbonyl (C=O) groups excluding carboxylic acids is 1. The zero-order chi connectivity index (χ0) is 14.5. The molecule has 0 unspecified atom stereocenters. The molecule has 0 aliphatic carbocycles. The highest BCUT2D eigenvalue weighted by molar-refractivity contribution is 5.91. The molecule has 0 spiro atoms. The van der Waals surface area contributed by atoms with Crippen molar-refractivity contribution in [2.24, 2.45) is 5.92 Å². The van der Waals surface area contributed by atoms with Gasteiger partial charge < -0.3 is 14.8 Å². The Morgan fingerprint density at radius 1 is 1.48 bits per heavy atom. The van der Waals surface area contributed by atoms with Crippen molar-refractivity contribution in [3.05, 3.63) is 36.2 Å². The molecule has 0 radical (unpaired) electrons. The summed E-state index contributed by atoms with van der Waals surface area (Å²) >= 11 is 0. The van der Waals surface area contributed by atoms with Gasteiger partial charge in [0.05, 0.1) is 6.54 Å². The standard InChI is InChI=1S/C14H19N5O2/c20-14(12-3-8-21-18-12)17-9-11-1-6-19(7-2-11)10-13-15-4-5-16-13/h3-5,8,11H,1-2,6-7,9-10H2,(H,15,16)(H,17,20). The van der Waals surface area contributed by atoms with E-state index in [4.69, 9.17) is 0 Å². The Morgan fingerprint density at radius 3 is 3.00 bits per heavy atom. The third-order valence-corrected chi connectivity index (χ3v) is 3.86. The van der Waals surface area contributed by atoms with Crippen LogP contribution < -0.4 is 5.32 Å². The molecule has 0 atom stereocenters. The SMILES string of the molecule is O=C(NCC1CCN(Cc2ncc[nH]2)CC1)c1ccon1. The fourth-order valence-corrected chi connectivity index (χ4v) is 2.60. The maximum Gasteiger partial charge on any atom is 0.273 e. The van der Waals surface area contributed by atoms with Crippen LogP contribution in [0.25, 0.3) is 0 Å². The van der Waals surface area contributed by atoms with Crippen LogP contribution in [0.4, 0.5) is 0 Å². The second kappa shape index (κ2) is 6.53. The average Bonchev–Trinajstić information content (AvgIpc) is 3.19. The number of nitrogens with one attached hydrogen (secondary N) is 2. The van der Waals surface area contributed by atoms with Crippen molar-refractivity contribution in [3.63, 3.8) is 0 Å². The summed E-state index contributed by atoms with van der Waals surface area (Å²) in [6, 6.07) is 1.57. The number of H-pyrrole nitrogens is 1. The lowest BCUT2D eigenvalue weighted by Crippen LogP contribution is -2.38. The molecule has 7 heteroatoms. The molecular formula is C14H19N5O2. The third-order valence-electron chi connectivity index (χ3n) is 3.86. The van der Waals surface area contributed by atoms with E-state index < -0.39 is 0 Å². The molecule has 1 amide bonds. The number of hydrogen-bond acceptors (Lipinski definition) is 5. The van der Waals surface area contributed by atoms with Crippen LogP contribution in [0.1, 0.15) is 29.2 Å². The summed E-state index contributed by atoms with van der Waals surface area (Å²) < 4.78 is 4.67. The number of amides is 1. The zero-order valence-corrected chi connectivity index (χ0v) is 11.8. The van der Waals surface area contributed by atoms with Crippen molar-refractivity contribution in [2.75, 3.05) is 19.6 Å². The van der Waals surface area contributed by atoms with Crippen LogP contribution in [0.5, 0.6) is 0 Å². The summed E-state index contributed by atoms with van der Waals surface area (Å²) in [6.07, 6.45) is 7.20. The first-order chi connectivity index (χ1) is 10.3. The fourth-order valence-electron chi connectivity index (χ4n) is 2.60. The largest absolute Gasteiger partial charge is 0.364 e. The van der Waals surface area contributed by atoms with Gasteiger partial charge in [-0.2, -0.15) is 0 Å². The quantitative estimate of drug-likeness (QED) is 0.858. The van der Waals surface area contributed by atoms with Gasteiger partial charge in [-0.05, 0) is 31.8 Å². The molecule has 21 heavy (non-hydrogen) atoms. The van der Waals surface area contributed by atoms with Crippen molar-refractivity contribution in [2.45, 2.75) is 19.4 Å². The van der Waals surface area contributed by atoms with Crippen molar-refractivity contribution in [1.29, 1.82) is 0 Å². The first-order valence-electron chi connectivity index (χ1n) is 7.20. The van der Waals surface area contributed by atoms with E-state index in [1.807, 2.05) is 6.20 Å². The van der Waals surface area contributed by atoms with E-state index in [-0.39, 0.29) is 5.91 Å². The Labute approximate surface area is 122 Å². The summed E-state index contributed by atoms with van der Waals surface area (Å²) in [5, 5.41) is 6.54. The molecule has 2 aromatic heterocycles. The van der Waals surface area contributed by atoms with Crippen LogP contribution in [0.3, 0.4) is 0 Å². The maximum absolute atomic E-state index is 11.8. The van der Waals surface area contributed by atoms with Crippen molar-refractivity contribution < 1.29 is 9.32 Å². The van der Waals surface area contributed by atoms with Crippen molar-refractivity contribution in [1.82, 2.24) is 25.3 Å². The minimum atomic E-state index is -0.165. The van der Waals surface area contributed by atoms with Crippen LogP contribution in [0.2, 0.25) is 0 Å². The molecule has 0 aromatic carbocycles. The third kappa shape index (κ3) is 3.69. The second-order valence-electron chi connectivity index (χ2n) is 5.35. The number of aromatic amines is 1. The molecule has 1 aliphatic heterocycles. The second-order valence-corrected chi connectivity index (χ2v) is 5.35. The predicted molar refractivity (Wildman–Crippen MR) is 75.4 cm³/mol. The minimum Gasteiger partial charge on any atom is -0.364 e. The first-order valence-corrected chi connectivity index (χ1v) is 7.20. The van der Waals surface area contributed by atoms with E-state index in [9.17, 15) is 4.79 Å². The topological polar surface area (TPSA) is 87.0 Å². The van der Waals surface area contributed by atoms with Crippen LogP contribution in [0.15, 0.2) is 29.2 Å². The van der Waals surface area contributed by atoms with Gasteiger partial charge in [-0.15, -0.1) is 0 Å². The fraction of sp³-hybridized carbons (Fsp3) is 0.500. The Hall–Kier alpha value is -2.15. The number of aromatic nitrogens is 3. The molecule has 0 bridgehead atoms. The Balaban J connectivity index is 1.39. The molecule has 1 fully saturated rings. The van der Waals surface area contributed by atoms with Gasteiger partial charge in [0.15, 0.2) is 5.69 Å².